The predicted octanol–water partition coefficient (Wildman–Crippen LogP) is 20.2. The summed E-state index contributed by atoms with van der Waals surface area (Å²) in [5.41, 5.74) is -1.15. The molecular formula is C56H110O3. The molecule has 1 N–H and O–H groups in total. The fourth-order valence-corrected chi connectivity index (χ4v) is 9.58. The van der Waals surface area contributed by atoms with Crippen molar-refractivity contribution in [3.05, 3.63) is 0 Å². The van der Waals surface area contributed by atoms with E-state index in [0.29, 0.717) is 19.3 Å². The summed E-state index contributed by atoms with van der Waals surface area (Å²) in [7, 11) is 0. The third-order valence-electron chi connectivity index (χ3n) is 13.9. The van der Waals surface area contributed by atoms with Crippen molar-refractivity contribution in [3.8, 4) is 0 Å². The van der Waals surface area contributed by atoms with Crippen molar-refractivity contribution in [1.29, 1.82) is 0 Å². The van der Waals surface area contributed by atoms with Crippen LogP contribution in [0.5, 0.6) is 0 Å². The van der Waals surface area contributed by atoms with Gasteiger partial charge in [0.25, 0.3) is 0 Å². The maximum Gasteiger partial charge on any atom is 0.317 e. The standard InChI is InChI=1S/C56H110O3/c1-4-7-10-13-16-18-20-22-24-25-26-27-28-29-30-31-32-33-34-35-36-37-39-41-43-45-48-51-54(57)56(55(58)59,52-49-46-15-12-9-6-3)53-50-47-44-42-40-38-23-21-19-17-14-11-8-5-2/h4-53H2,1-3H3,(H,58,59). The van der Waals surface area contributed by atoms with Crippen molar-refractivity contribution in [2.24, 2.45) is 5.41 Å². The van der Waals surface area contributed by atoms with Gasteiger partial charge in [-0.15, -0.1) is 0 Å². The van der Waals surface area contributed by atoms with E-state index in [0.717, 1.165) is 44.9 Å². The van der Waals surface area contributed by atoms with E-state index >= 15 is 0 Å². The summed E-state index contributed by atoms with van der Waals surface area (Å²) in [6.45, 7) is 6.81. The highest BCUT2D eigenvalue weighted by atomic mass is 16.4. The fraction of sp³-hybridized carbons (Fsp3) is 0.964. The number of aliphatic carboxylic acids is 1. The number of carboxylic acids is 1. The van der Waals surface area contributed by atoms with Gasteiger partial charge in [0.1, 0.15) is 11.2 Å². The van der Waals surface area contributed by atoms with Gasteiger partial charge in [-0.2, -0.15) is 0 Å². The van der Waals surface area contributed by atoms with Crippen LogP contribution in [-0.2, 0) is 9.59 Å². The van der Waals surface area contributed by atoms with Crippen LogP contribution in [0.3, 0.4) is 0 Å². The Bertz CT molecular complexity index is 837. The van der Waals surface area contributed by atoms with E-state index in [4.69, 9.17) is 0 Å². The first-order chi connectivity index (χ1) is 29.0. The Morgan fingerprint density at radius 2 is 0.441 bits per heavy atom. The Labute approximate surface area is 372 Å². The largest absolute Gasteiger partial charge is 0.480 e. The maximum absolute atomic E-state index is 13.7. The van der Waals surface area contributed by atoms with Crippen molar-refractivity contribution in [2.45, 2.75) is 342 Å². The first-order valence-electron chi connectivity index (χ1n) is 27.8. The molecule has 59 heavy (non-hydrogen) atoms. The molecule has 0 aromatic rings. The summed E-state index contributed by atoms with van der Waals surface area (Å²) >= 11 is 0. The lowest BCUT2D eigenvalue weighted by Gasteiger charge is -2.28. The number of carboxylic acid groups (broad SMARTS) is 1. The van der Waals surface area contributed by atoms with E-state index in [2.05, 4.69) is 20.8 Å². The molecule has 0 radical (unpaired) electrons. The number of ketones is 1. The molecule has 0 saturated carbocycles. The van der Waals surface area contributed by atoms with E-state index in [1.165, 1.54) is 257 Å². The van der Waals surface area contributed by atoms with Crippen LogP contribution in [-0.4, -0.2) is 16.9 Å². The van der Waals surface area contributed by atoms with Gasteiger partial charge < -0.3 is 5.11 Å². The van der Waals surface area contributed by atoms with Gasteiger partial charge in [0, 0.05) is 6.42 Å². The number of rotatable bonds is 52. The summed E-state index contributed by atoms with van der Waals surface area (Å²) < 4.78 is 0. The fourth-order valence-electron chi connectivity index (χ4n) is 9.58. The summed E-state index contributed by atoms with van der Waals surface area (Å²) in [6.07, 6.45) is 63.7. The van der Waals surface area contributed by atoms with Gasteiger partial charge in [0.05, 0.1) is 0 Å². The minimum atomic E-state index is -1.15. The highest BCUT2D eigenvalue weighted by molar-refractivity contribution is 6.03. The second kappa shape index (κ2) is 48.2. The molecule has 352 valence electrons. The van der Waals surface area contributed by atoms with Crippen molar-refractivity contribution in [1.82, 2.24) is 0 Å². The third kappa shape index (κ3) is 39.7. The average molecular weight is 831 g/mol. The first-order valence-corrected chi connectivity index (χ1v) is 27.8. The van der Waals surface area contributed by atoms with Gasteiger partial charge in [-0.3, -0.25) is 9.59 Å². The second-order valence-corrected chi connectivity index (χ2v) is 19.6. The van der Waals surface area contributed by atoms with Gasteiger partial charge in [-0.25, -0.2) is 0 Å². The molecule has 3 nitrogen and oxygen atoms in total. The SMILES string of the molecule is CCCCCCCCCCCCCCCCCCCCCCCCCCCCCC(=O)C(CCCCCCCC)(CCCCCCCCCCCCCCCC)C(=O)O. The van der Waals surface area contributed by atoms with Crippen LogP contribution in [0.1, 0.15) is 342 Å². The van der Waals surface area contributed by atoms with E-state index in [1.807, 2.05) is 0 Å². The molecule has 0 aromatic carbocycles. The Morgan fingerprint density at radius 3 is 0.627 bits per heavy atom. The Balaban J connectivity index is 3.99. The Kier molecular flexibility index (Phi) is 47.5. The number of carbonyl (C=O) groups excluding carboxylic acids is 1. The summed E-state index contributed by atoms with van der Waals surface area (Å²) in [5, 5.41) is 10.5. The van der Waals surface area contributed by atoms with Gasteiger partial charge in [-0.05, 0) is 19.3 Å². The van der Waals surface area contributed by atoms with Crippen molar-refractivity contribution >= 4 is 11.8 Å². The monoisotopic (exact) mass is 831 g/mol. The van der Waals surface area contributed by atoms with E-state index in [-0.39, 0.29) is 5.78 Å². The molecule has 1 unspecified atom stereocenters. The van der Waals surface area contributed by atoms with Crippen LogP contribution < -0.4 is 0 Å². The maximum atomic E-state index is 13.7. The van der Waals surface area contributed by atoms with E-state index < -0.39 is 11.4 Å². The molecule has 0 aliphatic rings. The quantitative estimate of drug-likeness (QED) is 0.0491. The van der Waals surface area contributed by atoms with Crippen LogP contribution >= 0.6 is 0 Å². The Hall–Kier alpha value is -0.860. The molecular weight excluding hydrogens is 721 g/mol. The average Bonchev–Trinajstić information content (AvgIpc) is 3.23. The zero-order valence-electron chi connectivity index (χ0n) is 41.1. The molecule has 0 fully saturated rings. The molecule has 3 heteroatoms. The lowest BCUT2D eigenvalue weighted by atomic mass is 9.73. The molecule has 0 bridgehead atoms. The normalized spacial score (nSPS) is 12.7. The predicted molar refractivity (Wildman–Crippen MR) is 263 cm³/mol. The molecule has 0 aromatic heterocycles. The zero-order chi connectivity index (χ0) is 43.0. The van der Waals surface area contributed by atoms with Crippen molar-refractivity contribution in [2.75, 3.05) is 0 Å². The molecule has 0 aliphatic heterocycles. The highest BCUT2D eigenvalue weighted by Crippen LogP contribution is 2.36. The minimum absolute atomic E-state index is 0.0350. The number of Topliss-reactive ketones (excluding diaryl/α,β-unsaturated/α-hetero) is 1. The molecule has 0 spiro atoms. The second-order valence-electron chi connectivity index (χ2n) is 19.6. The van der Waals surface area contributed by atoms with Gasteiger partial charge in [0.15, 0.2) is 0 Å². The number of hydrogen-bond donors (Lipinski definition) is 1. The molecule has 0 rings (SSSR count). The lowest BCUT2D eigenvalue weighted by Crippen LogP contribution is -2.39. The van der Waals surface area contributed by atoms with Crippen molar-refractivity contribution < 1.29 is 14.7 Å². The van der Waals surface area contributed by atoms with E-state index in [9.17, 15) is 14.7 Å². The van der Waals surface area contributed by atoms with Crippen LogP contribution in [0, 0.1) is 5.41 Å². The smallest absolute Gasteiger partial charge is 0.317 e. The summed E-state index contributed by atoms with van der Waals surface area (Å²) in [6, 6.07) is 0. The van der Waals surface area contributed by atoms with Gasteiger partial charge in [-0.1, -0.05) is 316 Å². The number of carbonyl (C=O) groups is 2. The van der Waals surface area contributed by atoms with Gasteiger partial charge in [0.2, 0.25) is 0 Å². The Morgan fingerprint density at radius 1 is 0.271 bits per heavy atom. The third-order valence-corrected chi connectivity index (χ3v) is 13.9. The van der Waals surface area contributed by atoms with Crippen LogP contribution in [0.4, 0.5) is 0 Å². The van der Waals surface area contributed by atoms with Crippen LogP contribution in [0.15, 0.2) is 0 Å². The minimum Gasteiger partial charge on any atom is -0.480 e. The molecule has 0 amide bonds. The first kappa shape index (κ1) is 58.1. The number of hydrogen-bond acceptors (Lipinski definition) is 2. The number of unbranched alkanes of at least 4 members (excludes halogenated alkanes) is 44. The van der Waals surface area contributed by atoms with E-state index in [1.54, 1.807) is 0 Å². The zero-order valence-corrected chi connectivity index (χ0v) is 41.1. The van der Waals surface area contributed by atoms with Crippen LogP contribution in [0.2, 0.25) is 0 Å². The molecule has 0 saturated heterocycles. The lowest BCUT2D eigenvalue weighted by molar-refractivity contribution is -0.156. The highest BCUT2D eigenvalue weighted by Gasteiger charge is 2.43. The topological polar surface area (TPSA) is 54.4 Å². The molecule has 0 aliphatic carbocycles. The van der Waals surface area contributed by atoms with Gasteiger partial charge >= 0.3 is 5.97 Å². The molecule has 1 atom stereocenters. The molecule has 0 heterocycles. The summed E-state index contributed by atoms with van der Waals surface area (Å²) in [4.78, 5) is 26.5. The van der Waals surface area contributed by atoms with Crippen molar-refractivity contribution in [3.63, 3.8) is 0 Å². The summed E-state index contributed by atoms with van der Waals surface area (Å²) in [5.74, 6) is -0.802. The van der Waals surface area contributed by atoms with Crippen LogP contribution in [0.25, 0.3) is 0 Å².